The van der Waals surface area contributed by atoms with Crippen molar-refractivity contribution in [2.45, 2.75) is 5.38 Å². The Balaban J connectivity index is 2.38. The van der Waals surface area contributed by atoms with Gasteiger partial charge in [0.15, 0.2) is 5.38 Å². The lowest BCUT2D eigenvalue weighted by atomic mass is 10.0. The van der Waals surface area contributed by atoms with Crippen LogP contribution in [0.5, 0.6) is 0 Å². The Labute approximate surface area is 123 Å². The number of halogens is 1. The predicted molar refractivity (Wildman–Crippen MR) is 82.4 cm³/mol. The third kappa shape index (κ3) is 2.94. The van der Waals surface area contributed by atoms with Crippen molar-refractivity contribution in [3.8, 4) is 11.1 Å². The van der Waals surface area contributed by atoms with E-state index in [1.807, 2.05) is 55.4 Å². The molecule has 0 aliphatic carbocycles. The van der Waals surface area contributed by atoms with Crippen LogP contribution in [0.2, 0.25) is 0 Å². The normalized spacial score (nSPS) is 11.9. The maximum absolute atomic E-state index is 10.9. The van der Waals surface area contributed by atoms with Crippen LogP contribution in [-0.4, -0.2) is 25.2 Å². The molecular formula is C16H16ClNO2. The number of hydrogen-bond acceptors (Lipinski definition) is 2. The SMILES string of the molecule is CN(C)c1ccccc1-c1ccc(C(Cl)C(=O)O)cc1. The molecule has 4 heteroatoms. The predicted octanol–water partition coefficient (Wildman–Crippen LogP) is 3.78. The van der Waals surface area contributed by atoms with Crippen LogP contribution < -0.4 is 4.90 Å². The Morgan fingerprint density at radius 2 is 1.70 bits per heavy atom. The number of benzene rings is 2. The molecular weight excluding hydrogens is 274 g/mol. The van der Waals surface area contributed by atoms with Gasteiger partial charge in [0.2, 0.25) is 0 Å². The van der Waals surface area contributed by atoms with Crippen molar-refractivity contribution in [2.24, 2.45) is 0 Å². The highest BCUT2D eigenvalue weighted by molar-refractivity contribution is 6.29. The number of alkyl halides is 1. The summed E-state index contributed by atoms with van der Waals surface area (Å²) in [5.74, 6) is -1.03. The van der Waals surface area contributed by atoms with Gasteiger partial charge in [-0.1, -0.05) is 42.5 Å². The van der Waals surface area contributed by atoms with Gasteiger partial charge in [-0.2, -0.15) is 0 Å². The van der Waals surface area contributed by atoms with Gasteiger partial charge in [0.1, 0.15) is 0 Å². The van der Waals surface area contributed by atoms with E-state index in [1.54, 1.807) is 12.1 Å². The summed E-state index contributed by atoms with van der Waals surface area (Å²) in [7, 11) is 3.98. The van der Waals surface area contributed by atoms with Crippen molar-refractivity contribution in [3.63, 3.8) is 0 Å². The number of para-hydroxylation sites is 1. The van der Waals surface area contributed by atoms with E-state index in [4.69, 9.17) is 16.7 Å². The molecule has 20 heavy (non-hydrogen) atoms. The second-order valence-corrected chi connectivity index (χ2v) is 5.17. The highest BCUT2D eigenvalue weighted by Crippen LogP contribution is 2.31. The van der Waals surface area contributed by atoms with Crippen molar-refractivity contribution < 1.29 is 9.90 Å². The van der Waals surface area contributed by atoms with Gasteiger partial charge >= 0.3 is 5.97 Å². The smallest absolute Gasteiger partial charge is 0.326 e. The standard InChI is InChI=1S/C16H16ClNO2/c1-18(2)14-6-4-3-5-13(14)11-7-9-12(10-8-11)15(17)16(19)20/h3-10,15H,1-2H3,(H,19,20). The van der Waals surface area contributed by atoms with Crippen molar-refractivity contribution >= 4 is 23.3 Å². The summed E-state index contributed by atoms with van der Waals surface area (Å²) in [6.07, 6.45) is 0. The first-order valence-corrected chi connectivity index (χ1v) is 6.68. The molecule has 0 fully saturated rings. The van der Waals surface area contributed by atoms with Crippen LogP contribution >= 0.6 is 11.6 Å². The lowest BCUT2D eigenvalue weighted by Crippen LogP contribution is -2.09. The molecule has 0 spiro atoms. The van der Waals surface area contributed by atoms with Crippen LogP contribution in [0.25, 0.3) is 11.1 Å². The van der Waals surface area contributed by atoms with Crippen LogP contribution in [0.15, 0.2) is 48.5 Å². The number of carboxylic acids is 1. The Morgan fingerprint density at radius 3 is 2.25 bits per heavy atom. The van der Waals surface area contributed by atoms with Gasteiger partial charge in [-0.15, -0.1) is 11.6 Å². The number of anilines is 1. The molecule has 104 valence electrons. The largest absolute Gasteiger partial charge is 0.480 e. The number of carboxylic acid groups (broad SMARTS) is 1. The molecule has 1 N–H and O–H groups in total. The summed E-state index contributed by atoms with van der Waals surface area (Å²) >= 11 is 5.81. The van der Waals surface area contributed by atoms with Crippen LogP contribution in [0.4, 0.5) is 5.69 Å². The average Bonchev–Trinajstić information content (AvgIpc) is 2.46. The van der Waals surface area contributed by atoms with E-state index in [0.29, 0.717) is 5.56 Å². The molecule has 3 nitrogen and oxygen atoms in total. The maximum atomic E-state index is 10.9. The lowest BCUT2D eigenvalue weighted by molar-refractivity contribution is -0.136. The molecule has 1 atom stereocenters. The van der Waals surface area contributed by atoms with Gasteiger partial charge in [-0.05, 0) is 17.2 Å². The molecule has 0 saturated heterocycles. The fourth-order valence-electron chi connectivity index (χ4n) is 2.08. The molecule has 0 aromatic heterocycles. The quantitative estimate of drug-likeness (QED) is 0.871. The first kappa shape index (κ1) is 14.4. The minimum absolute atomic E-state index is 0.588. The summed E-state index contributed by atoms with van der Waals surface area (Å²) in [6.45, 7) is 0. The van der Waals surface area contributed by atoms with E-state index < -0.39 is 11.3 Å². The third-order valence-corrected chi connectivity index (χ3v) is 3.56. The van der Waals surface area contributed by atoms with E-state index >= 15 is 0 Å². The molecule has 0 heterocycles. The monoisotopic (exact) mass is 289 g/mol. The van der Waals surface area contributed by atoms with Crippen molar-refractivity contribution in [2.75, 3.05) is 19.0 Å². The van der Waals surface area contributed by atoms with E-state index in [-0.39, 0.29) is 0 Å². The number of nitrogens with zero attached hydrogens (tertiary/aromatic N) is 1. The van der Waals surface area contributed by atoms with Gasteiger partial charge in [0, 0.05) is 25.3 Å². The van der Waals surface area contributed by atoms with Crippen LogP contribution in [0, 0.1) is 0 Å². The van der Waals surface area contributed by atoms with Gasteiger partial charge in [0.25, 0.3) is 0 Å². The average molecular weight is 290 g/mol. The summed E-state index contributed by atoms with van der Waals surface area (Å²) < 4.78 is 0. The zero-order chi connectivity index (χ0) is 14.7. The zero-order valence-electron chi connectivity index (χ0n) is 11.4. The molecule has 2 rings (SSSR count). The minimum atomic E-state index is -1.03. The summed E-state index contributed by atoms with van der Waals surface area (Å²) in [4.78, 5) is 12.9. The maximum Gasteiger partial charge on any atom is 0.326 e. The molecule has 0 radical (unpaired) electrons. The second-order valence-electron chi connectivity index (χ2n) is 4.73. The van der Waals surface area contributed by atoms with Gasteiger partial charge < -0.3 is 10.0 Å². The Hall–Kier alpha value is -2.00. The zero-order valence-corrected chi connectivity index (χ0v) is 12.1. The number of aliphatic carboxylic acids is 1. The molecule has 0 bridgehead atoms. The minimum Gasteiger partial charge on any atom is -0.480 e. The fraction of sp³-hybridized carbons (Fsp3) is 0.188. The van der Waals surface area contributed by atoms with Crippen LogP contribution in [0.1, 0.15) is 10.9 Å². The highest BCUT2D eigenvalue weighted by atomic mass is 35.5. The number of hydrogen-bond donors (Lipinski definition) is 1. The number of carbonyl (C=O) groups is 1. The Morgan fingerprint density at radius 1 is 1.10 bits per heavy atom. The van der Waals surface area contributed by atoms with Crippen molar-refractivity contribution in [1.29, 1.82) is 0 Å². The molecule has 0 saturated carbocycles. The van der Waals surface area contributed by atoms with E-state index in [0.717, 1.165) is 16.8 Å². The first-order chi connectivity index (χ1) is 9.50. The van der Waals surface area contributed by atoms with Gasteiger partial charge in [-0.3, -0.25) is 4.79 Å². The molecule has 0 aliphatic heterocycles. The summed E-state index contributed by atoms with van der Waals surface area (Å²) in [5, 5.41) is 7.89. The van der Waals surface area contributed by atoms with E-state index in [9.17, 15) is 4.79 Å². The number of rotatable bonds is 4. The van der Waals surface area contributed by atoms with Crippen molar-refractivity contribution in [3.05, 3.63) is 54.1 Å². The van der Waals surface area contributed by atoms with Gasteiger partial charge in [0.05, 0.1) is 0 Å². The van der Waals surface area contributed by atoms with E-state index in [1.165, 1.54) is 0 Å². The van der Waals surface area contributed by atoms with Crippen LogP contribution in [-0.2, 0) is 4.79 Å². The van der Waals surface area contributed by atoms with Crippen LogP contribution in [0.3, 0.4) is 0 Å². The summed E-state index contributed by atoms with van der Waals surface area (Å²) in [5.41, 5.74) is 3.84. The highest BCUT2D eigenvalue weighted by Gasteiger charge is 2.16. The Kier molecular flexibility index (Phi) is 4.30. The molecule has 0 amide bonds. The molecule has 2 aromatic rings. The Bertz CT molecular complexity index is 608. The molecule has 1 unspecified atom stereocenters. The van der Waals surface area contributed by atoms with Gasteiger partial charge in [-0.25, -0.2) is 0 Å². The second kappa shape index (κ2) is 5.97. The fourth-order valence-corrected chi connectivity index (χ4v) is 2.23. The lowest BCUT2D eigenvalue weighted by Gasteiger charge is -2.17. The first-order valence-electron chi connectivity index (χ1n) is 6.24. The van der Waals surface area contributed by atoms with E-state index in [2.05, 4.69) is 0 Å². The molecule has 0 aliphatic rings. The third-order valence-electron chi connectivity index (χ3n) is 3.12. The topological polar surface area (TPSA) is 40.5 Å². The summed E-state index contributed by atoms with van der Waals surface area (Å²) in [6, 6.07) is 15.4. The molecule has 2 aromatic carbocycles. The van der Waals surface area contributed by atoms with Crippen molar-refractivity contribution in [1.82, 2.24) is 0 Å².